The molecule has 2 aromatic heterocycles. The molecule has 1 N–H and O–H groups in total. The van der Waals surface area contributed by atoms with Crippen molar-refractivity contribution in [1.82, 2.24) is 20.1 Å². The van der Waals surface area contributed by atoms with E-state index in [2.05, 4.69) is 29.9 Å². The Kier molecular flexibility index (Phi) is 5.02. The number of hydrogen-bond acceptors (Lipinski definition) is 6. The van der Waals surface area contributed by atoms with E-state index in [1.165, 1.54) is 18.5 Å². The third kappa shape index (κ3) is 4.01. The molecule has 6 nitrogen and oxygen atoms in total. The van der Waals surface area contributed by atoms with Crippen molar-refractivity contribution in [3.05, 3.63) is 53.7 Å². The summed E-state index contributed by atoms with van der Waals surface area (Å²) < 4.78 is 69.5. The number of alkyl halides is 3. The van der Waals surface area contributed by atoms with Gasteiger partial charge in [-0.15, -0.1) is 0 Å². The lowest BCUT2D eigenvalue weighted by molar-refractivity contribution is -0.159. The van der Waals surface area contributed by atoms with Gasteiger partial charge in [-0.1, -0.05) is 18.1 Å². The average Bonchev–Trinajstić information content (AvgIpc) is 3.11. The van der Waals surface area contributed by atoms with Crippen LogP contribution in [0.3, 0.4) is 0 Å². The van der Waals surface area contributed by atoms with E-state index in [4.69, 9.17) is 0 Å². The Balaban J connectivity index is 1.80. The molecule has 0 unspecified atom stereocenters. The topological polar surface area (TPSA) is 76.7 Å². The lowest BCUT2D eigenvalue weighted by Gasteiger charge is -2.18. The Morgan fingerprint density at radius 1 is 1.11 bits per heavy atom. The maximum absolute atomic E-state index is 13.9. The summed E-state index contributed by atoms with van der Waals surface area (Å²) in [6.07, 6.45) is -2.08. The highest BCUT2D eigenvalue weighted by Crippen LogP contribution is 2.29. The fourth-order valence-corrected chi connectivity index (χ4v) is 2.35. The molecule has 0 fully saturated rings. The van der Waals surface area contributed by atoms with Crippen LogP contribution in [0.1, 0.15) is 30.8 Å². The van der Waals surface area contributed by atoms with Gasteiger partial charge in [0.25, 0.3) is 0 Å². The van der Waals surface area contributed by atoms with Gasteiger partial charge in [0.05, 0.1) is 11.6 Å². The molecule has 0 saturated heterocycles. The molecule has 2 heterocycles. The van der Waals surface area contributed by atoms with E-state index in [1.54, 1.807) is 6.92 Å². The molecule has 0 bridgehead atoms. The van der Waals surface area contributed by atoms with Crippen LogP contribution in [-0.4, -0.2) is 20.1 Å². The summed E-state index contributed by atoms with van der Waals surface area (Å²) in [5, 5.41) is 6.01. The van der Waals surface area contributed by atoms with Crippen LogP contribution >= 0.6 is 0 Å². The lowest BCUT2D eigenvalue weighted by Crippen LogP contribution is -2.15. The Labute approximate surface area is 149 Å². The molecule has 0 saturated carbocycles. The van der Waals surface area contributed by atoms with E-state index < -0.39 is 29.7 Å². The van der Waals surface area contributed by atoms with Crippen molar-refractivity contribution < 1.29 is 26.5 Å². The minimum atomic E-state index is -4.76. The smallest absolute Gasteiger partial charge is 0.347 e. The number of rotatable bonds is 5. The van der Waals surface area contributed by atoms with Crippen LogP contribution in [0.15, 0.2) is 35.1 Å². The Bertz CT molecular complexity index is 905. The maximum Gasteiger partial charge on any atom is 0.471 e. The highest BCUT2D eigenvalue weighted by Gasteiger charge is 2.38. The molecule has 142 valence electrons. The van der Waals surface area contributed by atoms with Gasteiger partial charge in [-0.05, 0) is 18.6 Å². The van der Waals surface area contributed by atoms with Crippen LogP contribution in [0.2, 0.25) is 0 Å². The van der Waals surface area contributed by atoms with E-state index in [0.29, 0.717) is 6.42 Å². The lowest BCUT2D eigenvalue weighted by atomic mass is 10.0. The molecule has 0 aliphatic carbocycles. The predicted molar refractivity (Wildman–Crippen MR) is 83.3 cm³/mol. The monoisotopic (exact) mass is 385 g/mol. The summed E-state index contributed by atoms with van der Waals surface area (Å²) in [6, 6.07) is 2.80. The number of hydrogen-bond donors (Lipinski definition) is 1. The molecular weight excluding hydrogens is 373 g/mol. The van der Waals surface area contributed by atoms with Crippen molar-refractivity contribution in [2.45, 2.75) is 25.6 Å². The number of benzene rings is 1. The molecule has 0 amide bonds. The molecule has 0 aliphatic heterocycles. The number of anilines is 1. The van der Waals surface area contributed by atoms with Gasteiger partial charge in [0, 0.05) is 18.0 Å². The highest BCUT2D eigenvalue weighted by atomic mass is 19.4. The van der Waals surface area contributed by atoms with Gasteiger partial charge < -0.3 is 9.84 Å². The van der Waals surface area contributed by atoms with Crippen molar-refractivity contribution in [3.8, 4) is 11.4 Å². The average molecular weight is 385 g/mol. The van der Waals surface area contributed by atoms with Crippen molar-refractivity contribution >= 4 is 5.95 Å². The van der Waals surface area contributed by atoms with Crippen LogP contribution in [-0.2, 0) is 6.18 Å². The molecule has 3 aromatic rings. The third-order valence-electron chi connectivity index (χ3n) is 3.64. The summed E-state index contributed by atoms with van der Waals surface area (Å²) in [7, 11) is 0. The second kappa shape index (κ2) is 7.25. The van der Waals surface area contributed by atoms with Gasteiger partial charge in [-0.25, -0.2) is 18.7 Å². The molecule has 11 heteroatoms. The largest absolute Gasteiger partial charge is 0.471 e. The van der Waals surface area contributed by atoms with Crippen LogP contribution in [0.5, 0.6) is 0 Å². The number of nitrogens with zero attached hydrogens (tertiary/aromatic N) is 4. The summed E-state index contributed by atoms with van der Waals surface area (Å²) >= 11 is 0. The van der Waals surface area contributed by atoms with Gasteiger partial charge in [-0.2, -0.15) is 18.2 Å². The van der Waals surface area contributed by atoms with Crippen LogP contribution in [0, 0.1) is 11.6 Å². The van der Waals surface area contributed by atoms with Crippen molar-refractivity contribution in [2.75, 3.05) is 5.32 Å². The molecule has 0 aliphatic rings. The normalized spacial score (nSPS) is 12.8. The Morgan fingerprint density at radius 3 is 2.26 bits per heavy atom. The molecule has 0 radical (unpaired) electrons. The predicted octanol–water partition coefficient (Wildman–Crippen LogP) is 4.39. The molecule has 27 heavy (non-hydrogen) atoms. The molecule has 3 rings (SSSR count). The second-order valence-corrected chi connectivity index (χ2v) is 5.46. The number of halogens is 5. The first-order valence-electron chi connectivity index (χ1n) is 7.73. The van der Waals surface area contributed by atoms with Gasteiger partial charge in [0.2, 0.25) is 11.8 Å². The van der Waals surface area contributed by atoms with E-state index in [1.807, 2.05) is 0 Å². The first-order valence-corrected chi connectivity index (χ1v) is 7.73. The van der Waals surface area contributed by atoms with E-state index in [0.717, 1.165) is 12.1 Å². The Hall–Kier alpha value is -3.11. The molecule has 1 atom stereocenters. The van der Waals surface area contributed by atoms with Gasteiger partial charge in [0.1, 0.15) is 11.6 Å². The zero-order valence-electron chi connectivity index (χ0n) is 13.8. The minimum absolute atomic E-state index is 0.0350. The fraction of sp³-hybridized carbons (Fsp3) is 0.250. The second-order valence-electron chi connectivity index (χ2n) is 5.46. The van der Waals surface area contributed by atoms with E-state index >= 15 is 0 Å². The van der Waals surface area contributed by atoms with Crippen molar-refractivity contribution in [2.24, 2.45) is 0 Å². The van der Waals surface area contributed by atoms with Crippen LogP contribution in [0.4, 0.5) is 27.9 Å². The standard InChI is InChI=1S/C16H12F5N5O/c1-2-11(12-9(17)4-3-5-10(12)18)24-15-22-6-8(7-23-15)13-25-14(27-26-13)16(19,20)21/h3-7,11H,2H2,1H3,(H,22,23,24)/t11-/m1/s1. The molecular formula is C16H12F5N5O. The number of aromatic nitrogens is 4. The van der Waals surface area contributed by atoms with Gasteiger partial charge in [-0.3, -0.25) is 0 Å². The third-order valence-corrected chi connectivity index (χ3v) is 3.64. The fourth-order valence-electron chi connectivity index (χ4n) is 2.35. The summed E-state index contributed by atoms with van der Waals surface area (Å²) in [5.41, 5.74) is -0.0643. The summed E-state index contributed by atoms with van der Waals surface area (Å²) in [6.45, 7) is 1.72. The summed E-state index contributed by atoms with van der Waals surface area (Å²) in [5.74, 6) is -3.20. The summed E-state index contributed by atoms with van der Waals surface area (Å²) in [4.78, 5) is 11.1. The zero-order chi connectivity index (χ0) is 19.6. The quantitative estimate of drug-likeness (QED) is 0.657. The van der Waals surface area contributed by atoms with E-state index in [9.17, 15) is 22.0 Å². The van der Waals surface area contributed by atoms with Gasteiger partial charge >= 0.3 is 12.1 Å². The first-order chi connectivity index (χ1) is 12.8. The van der Waals surface area contributed by atoms with Crippen molar-refractivity contribution in [3.63, 3.8) is 0 Å². The van der Waals surface area contributed by atoms with Crippen LogP contribution < -0.4 is 5.32 Å². The Morgan fingerprint density at radius 2 is 1.74 bits per heavy atom. The molecule has 0 spiro atoms. The number of nitrogens with one attached hydrogen (secondary N) is 1. The van der Waals surface area contributed by atoms with E-state index in [-0.39, 0.29) is 22.9 Å². The van der Waals surface area contributed by atoms with Crippen LogP contribution in [0.25, 0.3) is 11.4 Å². The zero-order valence-corrected chi connectivity index (χ0v) is 13.8. The minimum Gasteiger partial charge on any atom is -0.347 e. The van der Waals surface area contributed by atoms with Gasteiger partial charge in [0.15, 0.2) is 0 Å². The molecule has 1 aromatic carbocycles. The SMILES string of the molecule is CC[C@@H](Nc1ncc(-c2noc(C(F)(F)F)n2)cn1)c1c(F)cccc1F. The van der Waals surface area contributed by atoms with Crippen molar-refractivity contribution in [1.29, 1.82) is 0 Å². The maximum atomic E-state index is 13.9. The highest BCUT2D eigenvalue weighted by molar-refractivity contribution is 5.52. The first kappa shape index (κ1) is 18.7.